The molecule has 3 nitrogen and oxygen atoms in total. The van der Waals surface area contributed by atoms with E-state index in [-0.39, 0.29) is 12.6 Å². The number of rotatable bonds is 7. The van der Waals surface area contributed by atoms with Crippen molar-refractivity contribution in [3.05, 3.63) is 64.7 Å². The van der Waals surface area contributed by atoms with Crippen molar-refractivity contribution in [2.45, 2.75) is 19.0 Å². The van der Waals surface area contributed by atoms with Crippen molar-refractivity contribution in [2.24, 2.45) is 0 Å². The standard InChI is InChI=1S/C17H20ClNO2/c1-21-15-8-7-14(16(18)11-15)12-19-17(9-10-20)13-5-3-2-4-6-13/h2-8,11,17,19-20H,9-10,12H2,1H3. The Hall–Kier alpha value is -1.55. The van der Waals surface area contributed by atoms with E-state index in [0.717, 1.165) is 16.9 Å². The Kier molecular flexibility index (Phi) is 6.05. The van der Waals surface area contributed by atoms with Crippen LogP contribution in [0.4, 0.5) is 0 Å². The number of ether oxygens (including phenoxy) is 1. The predicted octanol–water partition coefficient (Wildman–Crippen LogP) is 3.56. The van der Waals surface area contributed by atoms with E-state index in [2.05, 4.69) is 17.4 Å². The monoisotopic (exact) mass is 305 g/mol. The van der Waals surface area contributed by atoms with Crippen LogP contribution < -0.4 is 10.1 Å². The van der Waals surface area contributed by atoms with Crippen molar-refractivity contribution in [3.8, 4) is 5.75 Å². The Morgan fingerprint density at radius 2 is 1.95 bits per heavy atom. The van der Waals surface area contributed by atoms with E-state index in [9.17, 15) is 5.11 Å². The van der Waals surface area contributed by atoms with Crippen LogP contribution in [0.25, 0.3) is 0 Å². The molecule has 112 valence electrons. The molecule has 0 heterocycles. The zero-order valence-electron chi connectivity index (χ0n) is 12.1. The highest BCUT2D eigenvalue weighted by atomic mass is 35.5. The van der Waals surface area contributed by atoms with E-state index >= 15 is 0 Å². The van der Waals surface area contributed by atoms with Gasteiger partial charge in [0.05, 0.1) is 7.11 Å². The van der Waals surface area contributed by atoms with Crippen molar-refractivity contribution in [1.82, 2.24) is 5.32 Å². The number of aliphatic hydroxyl groups excluding tert-OH is 1. The highest BCUT2D eigenvalue weighted by Crippen LogP contribution is 2.24. The van der Waals surface area contributed by atoms with Gasteiger partial charge in [0.2, 0.25) is 0 Å². The number of nitrogens with one attached hydrogen (secondary N) is 1. The lowest BCUT2D eigenvalue weighted by molar-refractivity contribution is 0.265. The molecule has 1 atom stereocenters. The van der Waals surface area contributed by atoms with E-state index in [0.29, 0.717) is 18.0 Å². The van der Waals surface area contributed by atoms with Crippen LogP contribution >= 0.6 is 11.6 Å². The van der Waals surface area contributed by atoms with Gasteiger partial charge in [0.1, 0.15) is 5.75 Å². The van der Waals surface area contributed by atoms with Crippen molar-refractivity contribution < 1.29 is 9.84 Å². The minimum atomic E-state index is 0.106. The van der Waals surface area contributed by atoms with Crippen LogP contribution in [-0.2, 0) is 6.54 Å². The maximum Gasteiger partial charge on any atom is 0.120 e. The van der Waals surface area contributed by atoms with Gasteiger partial charge in [0.15, 0.2) is 0 Å². The zero-order valence-corrected chi connectivity index (χ0v) is 12.8. The third-order valence-corrected chi connectivity index (χ3v) is 3.77. The first-order chi connectivity index (χ1) is 10.2. The summed E-state index contributed by atoms with van der Waals surface area (Å²) in [6.07, 6.45) is 0.664. The summed E-state index contributed by atoms with van der Waals surface area (Å²) in [5.74, 6) is 0.749. The maximum absolute atomic E-state index is 9.24. The molecule has 0 bridgehead atoms. The van der Waals surface area contributed by atoms with Crippen LogP contribution in [0.5, 0.6) is 5.75 Å². The van der Waals surface area contributed by atoms with Gasteiger partial charge >= 0.3 is 0 Å². The summed E-state index contributed by atoms with van der Waals surface area (Å²) in [5.41, 5.74) is 2.17. The number of benzene rings is 2. The lowest BCUT2D eigenvalue weighted by Gasteiger charge is -2.19. The molecular weight excluding hydrogens is 286 g/mol. The summed E-state index contributed by atoms with van der Waals surface area (Å²) in [6.45, 7) is 0.783. The van der Waals surface area contributed by atoms with Gasteiger partial charge in [0, 0.05) is 24.2 Å². The van der Waals surface area contributed by atoms with Gasteiger partial charge in [-0.3, -0.25) is 0 Å². The lowest BCUT2D eigenvalue weighted by atomic mass is 10.0. The molecule has 2 aromatic rings. The first-order valence-electron chi connectivity index (χ1n) is 6.96. The molecule has 0 saturated carbocycles. The van der Waals surface area contributed by atoms with E-state index in [1.165, 1.54) is 0 Å². The average molecular weight is 306 g/mol. The average Bonchev–Trinajstić information content (AvgIpc) is 2.53. The summed E-state index contributed by atoms with van der Waals surface area (Å²) >= 11 is 6.25. The zero-order chi connectivity index (χ0) is 15.1. The molecule has 0 aliphatic carbocycles. The van der Waals surface area contributed by atoms with Gasteiger partial charge in [-0.1, -0.05) is 48.0 Å². The van der Waals surface area contributed by atoms with Crippen LogP contribution in [0.15, 0.2) is 48.5 Å². The molecule has 21 heavy (non-hydrogen) atoms. The van der Waals surface area contributed by atoms with Crippen molar-refractivity contribution in [3.63, 3.8) is 0 Å². The minimum Gasteiger partial charge on any atom is -0.497 e. The smallest absolute Gasteiger partial charge is 0.120 e. The van der Waals surface area contributed by atoms with Crippen molar-refractivity contribution in [2.75, 3.05) is 13.7 Å². The predicted molar refractivity (Wildman–Crippen MR) is 85.7 cm³/mol. The number of aliphatic hydroxyl groups is 1. The Morgan fingerprint density at radius 3 is 2.57 bits per heavy atom. The van der Waals surface area contributed by atoms with E-state index in [1.807, 2.05) is 36.4 Å². The SMILES string of the molecule is COc1ccc(CNC(CCO)c2ccccc2)c(Cl)c1. The van der Waals surface area contributed by atoms with Gasteiger partial charge in [0.25, 0.3) is 0 Å². The fraction of sp³-hybridized carbons (Fsp3) is 0.294. The van der Waals surface area contributed by atoms with Crippen molar-refractivity contribution in [1.29, 1.82) is 0 Å². The molecule has 0 amide bonds. The van der Waals surface area contributed by atoms with E-state index in [1.54, 1.807) is 7.11 Å². The first-order valence-corrected chi connectivity index (χ1v) is 7.34. The molecule has 0 radical (unpaired) electrons. The summed E-state index contributed by atoms with van der Waals surface area (Å²) < 4.78 is 5.15. The number of methoxy groups -OCH3 is 1. The summed E-state index contributed by atoms with van der Waals surface area (Å²) in [5, 5.41) is 13.4. The number of halogens is 1. The molecule has 0 aromatic heterocycles. The Balaban J connectivity index is 2.05. The molecule has 0 aliphatic heterocycles. The van der Waals surface area contributed by atoms with Crippen LogP contribution in [0.1, 0.15) is 23.6 Å². The van der Waals surface area contributed by atoms with Gasteiger partial charge in [-0.2, -0.15) is 0 Å². The molecule has 2 N–H and O–H groups in total. The lowest BCUT2D eigenvalue weighted by Crippen LogP contribution is -2.22. The highest BCUT2D eigenvalue weighted by molar-refractivity contribution is 6.31. The quantitative estimate of drug-likeness (QED) is 0.822. The van der Waals surface area contributed by atoms with Gasteiger partial charge in [-0.25, -0.2) is 0 Å². The topological polar surface area (TPSA) is 41.5 Å². The maximum atomic E-state index is 9.24. The first kappa shape index (κ1) is 15.8. The second kappa shape index (κ2) is 8.03. The molecule has 0 saturated heterocycles. The molecular formula is C17H20ClNO2. The molecule has 0 aliphatic rings. The fourth-order valence-electron chi connectivity index (χ4n) is 2.23. The second-order valence-electron chi connectivity index (χ2n) is 4.81. The van der Waals surface area contributed by atoms with E-state index < -0.39 is 0 Å². The molecule has 0 spiro atoms. The van der Waals surface area contributed by atoms with Crippen LogP contribution in [-0.4, -0.2) is 18.8 Å². The normalized spacial score (nSPS) is 12.1. The Bertz CT molecular complexity index is 560. The summed E-state index contributed by atoms with van der Waals surface area (Å²) in [4.78, 5) is 0. The van der Waals surface area contributed by atoms with Gasteiger partial charge in [-0.05, 0) is 29.7 Å². The second-order valence-corrected chi connectivity index (χ2v) is 5.22. The molecule has 0 fully saturated rings. The third kappa shape index (κ3) is 4.46. The molecule has 2 aromatic carbocycles. The van der Waals surface area contributed by atoms with E-state index in [4.69, 9.17) is 16.3 Å². The number of hydrogen-bond acceptors (Lipinski definition) is 3. The molecule has 4 heteroatoms. The van der Waals surface area contributed by atoms with Crippen LogP contribution in [0, 0.1) is 0 Å². The van der Waals surface area contributed by atoms with Crippen LogP contribution in [0.3, 0.4) is 0 Å². The van der Waals surface area contributed by atoms with Gasteiger partial charge in [-0.15, -0.1) is 0 Å². The highest BCUT2D eigenvalue weighted by Gasteiger charge is 2.11. The fourth-order valence-corrected chi connectivity index (χ4v) is 2.47. The third-order valence-electron chi connectivity index (χ3n) is 3.42. The Labute approximate surface area is 130 Å². The van der Waals surface area contributed by atoms with Crippen molar-refractivity contribution >= 4 is 11.6 Å². The molecule has 1 unspecified atom stereocenters. The minimum absolute atomic E-state index is 0.106. The summed E-state index contributed by atoms with van der Waals surface area (Å²) in [6, 6.07) is 15.9. The largest absolute Gasteiger partial charge is 0.497 e. The van der Waals surface area contributed by atoms with Crippen LogP contribution in [0.2, 0.25) is 5.02 Å². The van der Waals surface area contributed by atoms with Gasteiger partial charge < -0.3 is 15.2 Å². The Morgan fingerprint density at radius 1 is 1.19 bits per heavy atom. The molecule has 2 rings (SSSR count). The summed E-state index contributed by atoms with van der Waals surface area (Å²) in [7, 11) is 1.62. The number of hydrogen-bond donors (Lipinski definition) is 2.